The van der Waals surface area contributed by atoms with Crippen molar-refractivity contribution in [2.45, 2.75) is 31.2 Å². The first-order valence-electron chi connectivity index (χ1n) is 3.80. The van der Waals surface area contributed by atoms with Crippen molar-refractivity contribution in [3.8, 4) is 0 Å². The molecule has 0 bridgehead atoms. The topological polar surface area (TPSA) is 104 Å². The number of carboxylic acids is 2. The number of aliphatic hydroxyl groups is 1. The predicted molar refractivity (Wildman–Crippen MR) is 39.2 cm³/mol. The molecule has 74 valence electrons. The zero-order valence-electron chi connectivity index (χ0n) is 6.71. The number of aliphatic carboxylic acids is 2. The zero-order chi connectivity index (χ0) is 10.0. The molecule has 1 fully saturated rings. The minimum atomic E-state index is -1.25. The highest BCUT2D eigenvalue weighted by Crippen LogP contribution is 2.19. The van der Waals surface area contributed by atoms with Crippen LogP contribution in [0, 0.1) is 0 Å². The van der Waals surface area contributed by atoms with Crippen molar-refractivity contribution >= 4 is 11.9 Å². The SMILES string of the molecule is O=C(O)C1CC(O)CC(C(=O)O)O1. The van der Waals surface area contributed by atoms with E-state index in [0.29, 0.717) is 0 Å². The lowest BCUT2D eigenvalue weighted by atomic mass is 10.0. The van der Waals surface area contributed by atoms with Crippen molar-refractivity contribution in [1.82, 2.24) is 0 Å². The lowest BCUT2D eigenvalue weighted by Gasteiger charge is -2.28. The average molecular weight is 190 g/mol. The van der Waals surface area contributed by atoms with Crippen LogP contribution in [-0.4, -0.2) is 45.6 Å². The van der Waals surface area contributed by atoms with Crippen molar-refractivity contribution in [2.24, 2.45) is 0 Å². The van der Waals surface area contributed by atoms with Gasteiger partial charge in [-0.15, -0.1) is 0 Å². The van der Waals surface area contributed by atoms with Crippen molar-refractivity contribution in [1.29, 1.82) is 0 Å². The number of rotatable bonds is 2. The van der Waals surface area contributed by atoms with E-state index in [1.807, 2.05) is 0 Å². The van der Waals surface area contributed by atoms with E-state index in [1.54, 1.807) is 0 Å². The summed E-state index contributed by atoms with van der Waals surface area (Å²) in [5.41, 5.74) is 0. The number of hydrogen-bond donors (Lipinski definition) is 3. The quantitative estimate of drug-likeness (QED) is 0.519. The molecule has 6 nitrogen and oxygen atoms in total. The van der Waals surface area contributed by atoms with Crippen LogP contribution in [0.4, 0.5) is 0 Å². The van der Waals surface area contributed by atoms with E-state index >= 15 is 0 Å². The number of carboxylic acid groups (broad SMARTS) is 2. The Labute approximate surface area is 73.7 Å². The van der Waals surface area contributed by atoms with E-state index in [2.05, 4.69) is 0 Å². The summed E-state index contributed by atoms with van der Waals surface area (Å²) in [4.78, 5) is 20.9. The number of ether oxygens (including phenoxy) is 1. The third-order valence-electron chi connectivity index (χ3n) is 1.85. The fourth-order valence-corrected chi connectivity index (χ4v) is 1.22. The maximum atomic E-state index is 10.4. The summed E-state index contributed by atoms with van der Waals surface area (Å²) < 4.78 is 4.72. The average Bonchev–Trinajstić information content (AvgIpc) is 2.03. The molecule has 1 aliphatic heterocycles. The molecule has 0 spiro atoms. The fourth-order valence-electron chi connectivity index (χ4n) is 1.22. The van der Waals surface area contributed by atoms with E-state index in [1.165, 1.54) is 0 Å². The van der Waals surface area contributed by atoms with Crippen LogP contribution in [0.15, 0.2) is 0 Å². The van der Waals surface area contributed by atoms with Crippen LogP contribution in [0.3, 0.4) is 0 Å². The summed E-state index contributed by atoms with van der Waals surface area (Å²) in [6.07, 6.45) is -3.47. The summed E-state index contributed by atoms with van der Waals surface area (Å²) in [6.45, 7) is 0. The van der Waals surface area contributed by atoms with E-state index in [-0.39, 0.29) is 12.8 Å². The third-order valence-corrected chi connectivity index (χ3v) is 1.85. The Morgan fingerprint density at radius 2 is 1.46 bits per heavy atom. The Kier molecular flexibility index (Phi) is 2.84. The first-order chi connectivity index (χ1) is 6.00. The number of carbonyl (C=O) groups is 2. The molecular weight excluding hydrogens is 180 g/mol. The predicted octanol–water partition coefficient (Wildman–Crippen LogP) is -0.936. The Bertz CT molecular complexity index is 203. The largest absolute Gasteiger partial charge is 0.479 e. The highest BCUT2D eigenvalue weighted by molar-refractivity contribution is 5.76. The summed E-state index contributed by atoms with van der Waals surface area (Å²) in [5.74, 6) is -2.49. The smallest absolute Gasteiger partial charge is 0.332 e. The summed E-state index contributed by atoms with van der Waals surface area (Å²) >= 11 is 0. The number of hydrogen-bond acceptors (Lipinski definition) is 4. The van der Waals surface area contributed by atoms with Crippen LogP contribution < -0.4 is 0 Å². The summed E-state index contributed by atoms with van der Waals surface area (Å²) in [5, 5.41) is 26.2. The van der Waals surface area contributed by atoms with Crippen LogP contribution >= 0.6 is 0 Å². The Morgan fingerprint density at radius 1 is 1.08 bits per heavy atom. The highest BCUT2D eigenvalue weighted by atomic mass is 16.5. The molecule has 6 heteroatoms. The van der Waals surface area contributed by atoms with E-state index < -0.39 is 30.3 Å². The van der Waals surface area contributed by atoms with E-state index in [4.69, 9.17) is 20.1 Å². The third kappa shape index (κ3) is 2.40. The van der Waals surface area contributed by atoms with Gasteiger partial charge in [0, 0.05) is 12.8 Å². The van der Waals surface area contributed by atoms with Crippen molar-refractivity contribution in [3.05, 3.63) is 0 Å². The first kappa shape index (κ1) is 9.94. The second-order valence-electron chi connectivity index (χ2n) is 2.92. The lowest BCUT2D eigenvalue weighted by molar-refractivity contribution is -0.178. The van der Waals surface area contributed by atoms with Crippen LogP contribution in [0.5, 0.6) is 0 Å². The van der Waals surface area contributed by atoms with Gasteiger partial charge in [-0.1, -0.05) is 0 Å². The molecular formula is C7H10O6. The van der Waals surface area contributed by atoms with Gasteiger partial charge < -0.3 is 20.1 Å². The summed E-state index contributed by atoms with van der Waals surface area (Å²) in [7, 11) is 0. The number of aliphatic hydroxyl groups excluding tert-OH is 1. The molecule has 0 aliphatic carbocycles. The van der Waals surface area contributed by atoms with Gasteiger partial charge in [0.05, 0.1) is 6.10 Å². The minimum Gasteiger partial charge on any atom is -0.479 e. The van der Waals surface area contributed by atoms with Gasteiger partial charge in [0.15, 0.2) is 12.2 Å². The first-order valence-corrected chi connectivity index (χ1v) is 3.80. The minimum absolute atomic E-state index is 0.0564. The van der Waals surface area contributed by atoms with E-state index in [0.717, 1.165) is 0 Å². The fraction of sp³-hybridized carbons (Fsp3) is 0.714. The van der Waals surface area contributed by atoms with Crippen molar-refractivity contribution in [3.63, 3.8) is 0 Å². The Balaban J connectivity index is 2.62. The maximum Gasteiger partial charge on any atom is 0.332 e. The van der Waals surface area contributed by atoms with Gasteiger partial charge in [-0.3, -0.25) is 0 Å². The lowest BCUT2D eigenvalue weighted by Crippen LogP contribution is -2.43. The van der Waals surface area contributed by atoms with Gasteiger partial charge in [0.1, 0.15) is 0 Å². The molecule has 1 aliphatic rings. The normalized spacial score (nSPS) is 34.1. The van der Waals surface area contributed by atoms with Gasteiger partial charge in [-0.2, -0.15) is 0 Å². The van der Waals surface area contributed by atoms with Crippen LogP contribution in [0.1, 0.15) is 12.8 Å². The molecule has 0 aromatic carbocycles. The molecule has 0 saturated carbocycles. The van der Waals surface area contributed by atoms with Gasteiger partial charge in [-0.25, -0.2) is 9.59 Å². The van der Waals surface area contributed by atoms with Crippen LogP contribution in [0.25, 0.3) is 0 Å². The molecule has 2 unspecified atom stereocenters. The molecule has 13 heavy (non-hydrogen) atoms. The standard InChI is InChI=1S/C7H10O6/c8-3-1-4(6(9)10)13-5(2-3)7(11)12/h3-5,8H,1-2H2,(H,9,10)(H,11,12). The van der Waals surface area contributed by atoms with E-state index in [9.17, 15) is 9.59 Å². The zero-order valence-corrected chi connectivity index (χ0v) is 6.71. The van der Waals surface area contributed by atoms with Crippen molar-refractivity contribution < 1.29 is 29.6 Å². The molecule has 3 N–H and O–H groups in total. The second-order valence-corrected chi connectivity index (χ2v) is 2.92. The van der Waals surface area contributed by atoms with Crippen molar-refractivity contribution in [2.75, 3.05) is 0 Å². The molecule has 1 rings (SSSR count). The van der Waals surface area contributed by atoms with Gasteiger partial charge >= 0.3 is 11.9 Å². The molecule has 1 saturated heterocycles. The molecule has 0 amide bonds. The Hall–Kier alpha value is -1.14. The highest BCUT2D eigenvalue weighted by Gasteiger charge is 2.36. The molecule has 2 atom stereocenters. The second kappa shape index (κ2) is 3.71. The molecule has 0 radical (unpaired) electrons. The van der Waals surface area contributed by atoms with Gasteiger partial charge in [-0.05, 0) is 0 Å². The van der Waals surface area contributed by atoms with Crippen LogP contribution in [0.2, 0.25) is 0 Å². The monoisotopic (exact) mass is 190 g/mol. The maximum absolute atomic E-state index is 10.4. The Morgan fingerprint density at radius 3 is 1.77 bits per heavy atom. The molecule has 0 aromatic rings. The van der Waals surface area contributed by atoms with Gasteiger partial charge in [0.25, 0.3) is 0 Å². The molecule has 0 aromatic heterocycles. The molecule has 1 heterocycles. The summed E-state index contributed by atoms with van der Waals surface area (Å²) in [6, 6.07) is 0. The van der Waals surface area contributed by atoms with Crippen LogP contribution in [-0.2, 0) is 14.3 Å². The van der Waals surface area contributed by atoms with Gasteiger partial charge in [0.2, 0.25) is 0 Å².